The lowest BCUT2D eigenvalue weighted by molar-refractivity contribution is -0.0446. The Morgan fingerprint density at radius 2 is 1.11 bits per heavy atom. The highest BCUT2D eigenvalue weighted by Gasteiger charge is 2.62. The van der Waals surface area contributed by atoms with Gasteiger partial charge in [0.05, 0.1) is 9.79 Å². The molecule has 1 aliphatic heterocycles. The molecule has 5 aromatic carbocycles. The molecule has 1 heterocycles. The van der Waals surface area contributed by atoms with Crippen molar-refractivity contribution in [3.05, 3.63) is 138 Å². The lowest BCUT2D eigenvalue weighted by Crippen LogP contribution is -2.57. The number of hydrogen-bond acceptors (Lipinski definition) is 3. The van der Waals surface area contributed by atoms with Gasteiger partial charge in [-0.05, 0) is 132 Å². The number of hydrogen-bond donors (Lipinski definition) is 0. The molecule has 11 rings (SSSR count). The van der Waals surface area contributed by atoms with Crippen LogP contribution in [0.5, 0.6) is 0 Å². The molecule has 6 aliphatic rings. The fourth-order valence-corrected chi connectivity index (χ4v) is 13.0. The molecule has 0 aromatic heterocycles. The van der Waals surface area contributed by atoms with Crippen molar-refractivity contribution in [3.8, 4) is 11.1 Å². The highest BCUT2D eigenvalue weighted by molar-refractivity contribution is 7.91. The van der Waals surface area contributed by atoms with E-state index in [1.165, 1.54) is 54.4 Å². The number of benzene rings is 5. The summed E-state index contributed by atoms with van der Waals surface area (Å²) in [5.41, 5.74) is 9.88. The molecule has 1 spiro atoms. The molecule has 47 heavy (non-hydrogen) atoms. The van der Waals surface area contributed by atoms with Gasteiger partial charge in [-0.15, -0.1) is 0 Å². The number of rotatable bonds is 3. The number of para-hydroxylation sites is 1. The van der Waals surface area contributed by atoms with Gasteiger partial charge in [-0.2, -0.15) is 0 Å². The molecule has 0 amide bonds. The van der Waals surface area contributed by atoms with Crippen LogP contribution >= 0.6 is 0 Å². The third-order valence-corrected chi connectivity index (χ3v) is 14.7. The maximum Gasteiger partial charge on any atom is 0.207 e. The van der Waals surface area contributed by atoms with Gasteiger partial charge < -0.3 is 4.90 Å². The Hall–Kier alpha value is -4.15. The first-order valence-corrected chi connectivity index (χ1v) is 18.8. The summed E-state index contributed by atoms with van der Waals surface area (Å²) in [6, 6.07) is 40.3. The van der Waals surface area contributed by atoms with Crippen molar-refractivity contribution in [3.63, 3.8) is 0 Å². The highest BCUT2D eigenvalue weighted by Crippen LogP contribution is 2.68. The zero-order valence-corrected chi connectivity index (χ0v) is 27.8. The van der Waals surface area contributed by atoms with Crippen LogP contribution in [0.25, 0.3) is 11.1 Å². The molecule has 3 nitrogen and oxygen atoms in total. The van der Waals surface area contributed by atoms with Gasteiger partial charge in [0.25, 0.3) is 0 Å². The van der Waals surface area contributed by atoms with Gasteiger partial charge in [-0.25, -0.2) is 8.42 Å². The summed E-state index contributed by atoms with van der Waals surface area (Å²) in [7, 11) is -3.72. The van der Waals surface area contributed by atoms with Crippen LogP contribution in [0.3, 0.4) is 0 Å². The van der Waals surface area contributed by atoms with Crippen molar-refractivity contribution in [2.24, 2.45) is 23.7 Å². The fourth-order valence-electron chi connectivity index (χ4n) is 11.2. The summed E-state index contributed by atoms with van der Waals surface area (Å²) >= 11 is 0. The van der Waals surface area contributed by atoms with E-state index in [4.69, 9.17) is 0 Å². The second kappa shape index (κ2) is 9.48. The Bertz CT molecular complexity index is 2190. The molecule has 0 N–H and O–H groups in total. The third-order valence-electron chi connectivity index (χ3n) is 12.8. The van der Waals surface area contributed by atoms with Gasteiger partial charge in [-0.1, -0.05) is 86.6 Å². The second-order valence-corrected chi connectivity index (χ2v) is 17.3. The molecular formula is C43H39NO2S. The molecule has 0 saturated heterocycles. The summed E-state index contributed by atoms with van der Waals surface area (Å²) in [5.74, 6) is 2.57. The van der Waals surface area contributed by atoms with Crippen LogP contribution in [0, 0.1) is 23.7 Å². The van der Waals surface area contributed by atoms with E-state index in [2.05, 4.69) is 110 Å². The van der Waals surface area contributed by atoms with E-state index in [0.717, 1.165) is 40.0 Å². The zero-order chi connectivity index (χ0) is 31.7. The molecule has 234 valence electrons. The maximum atomic E-state index is 14.7. The van der Waals surface area contributed by atoms with Crippen molar-refractivity contribution in [2.45, 2.75) is 66.6 Å². The van der Waals surface area contributed by atoms with Gasteiger partial charge in [0, 0.05) is 27.9 Å². The first-order chi connectivity index (χ1) is 22.8. The van der Waals surface area contributed by atoms with Crippen LogP contribution < -0.4 is 4.90 Å². The molecule has 5 aromatic rings. The Balaban J connectivity index is 1.19. The van der Waals surface area contributed by atoms with Gasteiger partial charge in [0.1, 0.15) is 0 Å². The van der Waals surface area contributed by atoms with E-state index in [1.807, 2.05) is 24.3 Å². The first-order valence-electron chi connectivity index (χ1n) is 17.4. The van der Waals surface area contributed by atoms with Crippen molar-refractivity contribution < 1.29 is 8.42 Å². The monoisotopic (exact) mass is 633 g/mol. The van der Waals surface area contributed by atoms with Crippen LogP contribution in [-0.4, -0.2) is 8.42 Å². The largest absolute Gasteiger partial charge is 0.310 e. The van der Waals surface area contributed by atoms with Crippen LogP contribution in [0.2, 0.25) is 0 Å². The topological polar surface area (TPSA) is 37.4 Å². The predicted octanol–water partition coefficient (Wildman–Crippen LogP) is 10.4. The van der Waals surface area contributed by atoms with Crippen molar-refractivity contribution in [2.75, 3.05) is 4.90 Å². The van der Waals surface area contributed by atoms with Crippen LogP contribution in [0.4, 0.5) is 17.1 Å². The first kappa shape index (κ1) is 27.9. The van der Waals surface area contributed by atoms with Gasteiger partial charge >= 0.3 is 0 Å². The molecule has 4 heteroatoms. The highest BCUT2D eigenvalue weighted by atomic mass is 32.2. The summed E-state index contributed by atoms with van der Waals surface area (Å²) < 4.78 is 29.4. The van der Waals surface area contributed by atoms with E-state index < -0.39 is 9.84 Å². The van der Waals surface area contributed by atoms with E-state index in [0.29, 0.717) is 21.6 Å². The lowest BCUT2D eigenvalue weighted by atomic mass is 9.42. The van der Waals surface area contributed by atoms with Crippen molar-refractivity contribution in [1.82, 2.24) is 0 Å². The smallest absolute Gasteiger partial charge is 0.207 e. The average molecular weight is 634 g/mol. The van der Waals surface area contributed by atoms with Crippen LogP contribution in [0.15, 0.2) is 125 Å². The minimum Gasteiger partial charge on any atom is -0.310 e. The Morgan fingerprint density at radius 1 is 0.532 bits per heavy atom. The van der Waals surface area contributed by atoms with E-state index in [9.17, 15) is 8.42 Å². The van der Waals surface area contributed by atoms with E-state index >= 15 is 0 Å². The SMILES string of the molecule is CC1(C)c2ccccc2-c2ccc(N(c3ccccc3)c3ccc4c(c3)S(=O)(=O)c3ccccc3C43[C@H]4C[C@H]5C[C@H](C[C@H]3C5)C4)cc21. The van der Waals surface area contributed by atoms with Gasteiger partial charge in [0.2, 0.25) is 9.84 Å². The number of anilines is 3. The van der Waals surface area contributed by atoms with E-state index in [1.54, 1.807) is 0 Å². The van der Waals surface area contributed by atoms with Gasteiger partial charge in [0.15, 0.2) is 0 Å². The standard InChI is InChI=1S/C43H39NO2S/c1-42(2)36-13-7-6-12-34(36)35-18-16-32(25-39(35)42)44(31-10-4-3-5-11-31)33-17-19-38-41(26-33)47(45,46)40-15-9-8-14-37(40)43(38)29-21-27-20-28(23-29)24-30(43)22-27/h3-19,25-30H,20-24H2,1-2H3/t27-,28+,29+,30-,43?. The van der Waals surface area contributed by atoms with Crippen LogP contribution in [0.1, 0.15) is 68.2 Å². The maximum absolute atomic E-state index is 14.7. The predicted molar refractivity (Wildman–Crippen MR) is 188 cm³/mol. The summed E-state index contributed by atoms with van der Waals surface area (Å²) in [6.07, 6.45) is 6.22. The van der Waals surface area contributed by atoms with Gasteiger partial charge in [-0.3, -0.25) is 0 Å². The Morgan fingerprint density at radius 3 is 1.85 bits per heavy atom. The molecule has 5 aliphatic carbocycles. The molecule has 0 atom stereocenters. The third kappa shape index (κ3) is 3.60. The molecule has 4 fully saturated rings. The normalized spacial score (nSPS) is 28.0. The van der Waals surface area contributed by atoms with Crippen LogP contribution in [-0.2, 0) is 20.7 Å². The lowest BCUT2D eigenvalue weighted by Gasteiger charge is -2.63. The zero-order valence-electron chi connectivity index (χ0n) is 27.0. The fraction of sp³-hybridized carbons (Fsp3) is 0.302. The molecule has 4 bridgehead atoms. The molecule has 0 radical (unpaired) electrons. The Labute approximate surface area is 278 Å². The summed E-state index contributed by atoms with van der Waals surface area (Å²) in [6.45, 7) is 4.61. The number of sulfone groups is 1. The average Bonchev–Trinajstić information content (AvgIpc) is 3.31. The quantitative estimate of drug-likeness (QED) is 0.198. The van der Waals surface area contributed by atoms with Crippen molar-refractivity contribution >= 4 is 26.9 Å². The van der Waals surface area contributed by atoms with Crippen molar-refractivity contribution in [1.29, 1.82) is 0 Å². The minimum atomic E-state index is -3.72. The molecule has 4 saturated carbocycles. The number of fused-ring (bicyclic) bond motifs is 5. The summed E-state index contributed by atoms with van der Waals surface area (Å²) in [5, 5.41) is 0. The molecular weight excluding hydrogens is 595 g/mol. The Kier molecular flexibility index (Phi) is 5.63. The minimum absolute atomic E-state index is 0.140. The summed E-state index contributed by atoms with van der Waals surface area (Å²) in [4.78, 5) is 3.29. The second-order valence-electron chi connectivity index (χ2n) is 15.4. The van der Waals surface area contributed by atoms with E-state index in [-0.39, 0.29) is 10.8 Å². The molecule has 0 unspecified atom stereocenters. The number of nitrogens with zero attached hydrogens (tertiary/aromatic N) is 1.